The molecule has 0 spiro atoms. The molecule has 3 heterocycles. The molecule has 2 aromatic heterocycles. The van der Waals surface area contributed by atoms with Crippen molar-refractivity contribution in [3.63, 3.8) is 0 Å². The monoisotopic (exact) mass is 401 g/mol. The molecule has 2 N–H and O–H groups in total. The number of aromatic hydroxyl groups is 1. The van der Waals surface area contributed by atoms with Crippen molar-refractivity contribution in [2.24, 2.45) is 0 Å². The van der Waals surface area contributed by atoms with Crippen LogP contribution in [0.1, 0.15) is 26.4 Å². The van der Waals surface area contributed by atoms with E-state index in [-0.39, 0.29) is 17.9 Å². The summed E-state index contributed by atoms with van der Waals surface area (Å²) in [5.74, 6) is -1.87. The molecular weight excluding hydrogens is 378 g/mol. The number of aromatic nitrogens is 2. The quantitative estimate of drug-likeness (QED) is 0.645. The van der Waals surface area contributed by atoms with Gasteiger partial charge < -0.3 is 20.1 Å². The van der Waals surface area contributed by atoms with Gasteiger partial charge in [0, 0.05) is 45.8 Å². The molecule has 1 aliphatic heterocycles. The van der Waals surface area contributed by atoms with Crippen molar-refractivity contribution >= 4 is 11.8 Å². The number of carbonyl (C=O) groups excluding carboxylic acids is 2. The number of hydrogen-bond donors (Lipinski definition) is 2. The Morgan fingerprint density at radius 1 is 1.38 bits per heavy atom. The van der Waals surface area contributed by atoms with E-state index in [0.717, 1.165) is 5.56 Å². The van der Waals surface area contributed by atoms with Crippen LogP contribution >= 0.6 is 0 Å². The summed E-state index contributed by atoms with van der Waals surface area (Å²) >= 11 is 0. The van der Waals surface area contributed by atoms with Crippen LogP contribution in [0.2, 0.25) is 0 Å². The Labute approximate surface area is 167 Å². The van der Waals surface area contributed by atoms with Crippen molar-refractivity contribution < 1.29 is 19.4 Å². The summed E-state index contributed by atoms with van der Waals surface area (Å²) in [6.07, 6.45) is 5.18. The maximum absolute atomic E-state index is 12.7. The molecule has 10 heteroatoms. The molecule has 1 aliphatic rings. The fraction of sp³-hybridized carbons (Fsp3) is 0.368. The van der Waals surface area contributed by atoms with E-state index < -0.39 is 23.0 Å². The molecule has 0 saturated carbocycles. The van der Waals surface area contributed by atoms with Crippen molar-refractivity contribution in [3.8, 4) is 5.75 Å². The molecule has 0 saturated heterocycles. The molecule has 10 nitrogen and oxygen atoms in total. The van der Waals surface area contributed by atoms with E-state index >= 15 is 0 Å². The van der Waals surface area contributed by atoms with Gasteiger partial charge in [0.05, 0.1) is 6.61 Å². The lowest BCUT2D eigenvalue weighted by Crippen LogP contribution is -2.53. The minimum Gasteiger partial charge on any atom is -0.502 e. The summed E-state index contributed by atoms with van der Waals surface area (Å²) in [6, 6.07) is 3.68. The van der Waals surface area contributed by atoms with Crippen LogP contribution in [-0.2, 0) is 11.2 Å². The number of pyridine rings is 2. The Balaban J connectivity index is 1.81. The van der Waals surface area contributed by atoms with Crippen molar-refractivity contribution in [1.82, 2.24) is 19.9 Å². The Hall–Kier alpha value is -3.40. The predicted molar refractivity (Wildman–Crippen MR) is 105 cm³/mol. The summed E-state index contributed by atoms with van der Waals surface area (Å²) in [4.78, 5) is 43.2. The van der Waals surface area contributed by atoms with Gasteiger partial charge in [0.25, 0.3) is 11.8 Å². The largest absolute Gasteiger partial charge is 0.502 e. The third kappa shape index (κ3) is 4.21. The number of carbonyl (C=O) groups is 2. The second-order valence-corrected chi connectivity index (χ2v) is 6.64. The van der Waals surface area contributed by atoms with Gasteiger partial charge in [-0.15, -0.1) is 0 Å². The van der Waals surface area contributed by atoms with Gasteiger partial charge in [0.1, 0.15) is 12.2 Å². The van der Waals surface area contributed by atoms with Gasteiger partial charge in [-0.3, -0.25) is 29.1 Å². The van der Waals surface area contributed by atoms with E-state index in [9.17, 15) is 19.5 Å². The van der Waals surface area contributed by atoms with Gasteiger partial charge in [-0.05, 0) is 18.1 Å². The highest BCUT2D eigenvalue weighted by molar-refractivity contribution is 5.99. The number of fused-ring (bicyclic) bond motifs is 1. The van der Waals surface area contributed by atoms with Gasteiger partial charge in [0.15, 0.2) is 11.4 Å². The number of nitrogens with zero attached hydrogens (tertiary/aromatic N) is 4. The second-order valence-electron chi connectivity index (χ2n) is 6.64. The third-order valence-corrected chi connectivity index (χ3v) is 4.63. The number of ether oxygens (including phenoxy) is 1. The first kappa shape index (κ1) is 20.3. The molecule has 0 fully saturated rings. The van der Waals surface area contributed by atoms with Crippen LogP contribution in [-0.4, -0.2) is 72.0 Å². The Morgan fingerprint density at radius 2 is 2.17 bits per heavy atom. The molecule has 2 aromatic rings. The Bertz CT molecular complexity index is 959. The summed E-state index contributed by atoms with van der Waals surface area (Å²) in [5.41, 5.74) is -0.348. The number of nitrogens with one attached hydrogen (secondary N) is 1. The van der Waals surface area contributed by atoms with Gasteiger partial charge >= 0.3 is 0 Å². The molecule has 3 rings (SSSR count). The van der Waals surface area contributed by atoms with Crippen molar-refractivity contribution in [2.45, 2.75) is 6.42 Å². The van der Waals surface area contributed by atoms with Gasteiger partial charge in [-0.2, -0.15) is 0 Å². The molecule has 0 unspecified atom stereocenters. The molecule has 0 atom stereocenters. The van der Waals surface area contributed by atoms with Crippen molar-refractivity contribution in [3.05, 3.63) is 57.8 Å². The van der Waals surface area contributed by atoms with Gasteiger partial charge in [-0.1, -0.05) is 6.07 Å². The number of rotatable bonds is 7. The SMILES string of the molecule is COCCN1CN(C)n2cc(C(=O)NCCc3cccnc3)c(=O)c(O)c2C1=O. The molecule has 29 heavy (non-hydrogen) atoms. The fourth-order valence-electron chi connectivity index (χ4n) is 3.08. The molecular formula is C19H23N5O5. The van der Waals surface area contributed by atoms with Crippen LogP contribution in [0.15, 0.2) is 35.5 Å². The van der Waals surface area contributed by atoms with Crippen LogP contribution in [0.4, 0.5) is 0 Å². The first-order valence-corrected chi connectivity index (χ1v) is 9.09. The fourth-order valence-corrected chi connectivity index (χ4v) is 3.08. The van der Waals surface area contributed by atoms with Crippen molar-refractivity contribution in [2.75, 3.05) is 45.5 Å². The molecule has 0 bridgehead atoms. The summed E-state index contributed by atoms with van der Waals surface area (Å²) in [7, 11) is 3.21. The van der Waals surface area contributed by atoms with Crippen molar-refractivity contribution in [1.29, 1.82) is 0 Å². The number of methoxy groups -OCH3 is 1. The van der Waals surface area contributed by atoms with E-state index in [1.807, 2.05) is 6.07 Å². The zero-order valence-electron chi connectivity index (χ0n) is 16.3. The zero-order valence-corrected chi connectivity index (χ0v) is 16.3. The molecule has 2 amide bonds. The normalized spacial score (nSPS) is 13.4. The molecule has 154 valence electrons. The minimum atomic E-state index is -0.884. The second kappa shape index (κ2) is 8.74. The lowest BCUT2D eigenvalue weighted by Gasteiger charge is -2.37. The lowest BCUT2D eigenvalue weighted by molar-refractivity contribution is 0.0629. The smallest absolute Gasteiger partial charge is 0.277 e. The van der Waals surface area contributed by atoms with E-state index in [0.29, 0.717) is 26.1 Å². The number of amides is 2. The topological polar surface area (TPSA) is 117 Å². The first-order valence-electron chi connectivity index (χ1n) is 9.09. The van der Waals surface area contributed by atoms with Crippen LogP contribution < -0.4 is 15.8 Å². The van der Waals surface area contributed by atoms with E-state index in [2.05, 4.69) is 10.3 Å². The molecule has 0 radical (unpaired) electrons. The third-order valence-electron chi connectivity index (χ3n) is 4.63. The van der Waals surface area contributed by atoms with E-state index in [4.69, 9.17) is 4.74 Å². The highest BCUT2D eigenvalue weighted by atomic mass is 16.5. The van der Waals surface area contributed by atoms with Gasteiger partial charge in [0.2, 0.25) is 5.43 Å². The summed E-state index contributed by atoms with van der Waals surface area (Å²) in [5, 5.41) is 14.7. The van der Waals surface area contributed by atoms with Crippen LogP contribution in [0.5, 0.6) is 5.75 Å². The standard InChI is InChI=1S/C19H23N5O5/c1-22-12-23(8-9-29-2)19(28)15-17(26)16(25)14(11-24(15)22)18(27)21-7-5-13-4-3-6-20-10-13/h3-4,6,10-11,26H,5,7-9,12H2,1-2H3,(H,21,27). The van der Waals surface area contributed by atoms with E-state index in [1.165, 1.54) is 22.9 Å². The van der Waals surface area contributed by atoms with Crippen LogP contribution in [0.25, 0.3) is 0 Å². The summed E-state index contributed by atoms with van der Waals surface area (Å²) < 4.78 is 6.32. The van der Waals surface area contributed by atoms with Crippen LogP contribution in [0.3, 0.4) is 0 Å². The highest BCUT2D eigenvalue weighted by Crippen LogP contribution is 2.20. The van der Waals surface area contributed by atoms with Crippen LogP contribution in [0, 0.1) is 0 Å². The van der Waals surface area contributed by atoms with E-state index in [1.54, 1.807) is 30.5 Å². The summed E-state index contributed by atoms with van der Waals surface area (Å²) in [6.45, 7) is 1.15. The maximum atomic E-state index is 12.7. The maximum Gasteiger partial charge on any atom is 0.277 e. The zero-order chi connectivity index (χ0) is 21.0. The minimum absolute atomic E-state index is 0.174. The predicted octanol–water partition coefficient (Wildman–Crippen LogP) is -0.451. The van der Waals surface area contributed by atoms with Gasteiger partial charge in [-0.25, -0.2) is 0 Å². The molecule has 0 aliphatic carbocycles. The molecule has 0 aromatic carbocycles. The average Bonchev–Trinajstić information content (AvgIpc) is 2.72. The highest BCUT2D eigenvalue weighted by Gasteiger charge is 2.32. The lowest BCUT2D eigenvalue weighted by atomic mass is 10.1. The Morgan fingerprint density at radius 3 is 2.86 bits per heavy atom. The first-order chi connectivity index (χ1) is 13.9. The Kier molecular flexibility index (Phi) is 6.13. The number of hydrogen-bond acceptors (Lipinski definition) is 7. The average molecular weight is 401 g/mol.